The molecule has 0 aliphatic carbocycles. The van der Waals surface area contributed by atoms with Crippen LogP contribution >= 0.6 is 27.3 Å². The highest BCUT2D eigenvalue weighted by Crippen LogP contribution is 2.38. The number of methoxy groups -OCH3 is 3. The van der Waals surface area contributed by atoms with E-state index in [0.29, 0.717) is 27.8 Å². The van der Waals surface area contributed by atoms with Gasteiger partial charge < -0.3 is 14.2 Å². The maximum Gasteiger partial charge on any atom is 0.259 e. The molecule has 0 unspecified atom stereocenters. The number of rotatable bonds is 8. The second kappa shape index (κ2) is 9.12. The topological polar surface area (TPSA) is 86.8 Å². The van der Waals surface area contributed by atoms with Gasteiger partial charge in [0.1, 0.15) is 5.01 Å². The van der Waals surface area contributed by atoms with Crippen molar-refractivity contribution in [2.24, 2.45) is 0 Å². The molecule has 3 aromatic rings. The zero-order chi connectivity index (χ0) is 21.0. The predicted molar refractivity (Wildman–Crippen MR) is 115 cm³/mol. The van der Waals surface area contributed by atoms with Crippen molar-refractivity contribution in [3.63, 3.8) is 0 Å². The van der Waals surface area contributed by atoms with Crippen molar-refractivity contribution in [3.05, 3.63) is 51.8 Å². The highest BCUT2D eigenvalue weighted by molar-refractivity contribution is 9.10. The van der Waals surface area contributed by atoms with E-state index in [4.69, 9.17) is 14.2 Å². The normalized spacial score (nSPS) is 11.3. The number of hydrogen-bond acceptors (Lipinski definition) is 7. The van der Waals surface area contributed by atoms with Crippen LogP contribution in [0, 0.1) is 0 Å². The molecule has 0 spiro atoms. The van der Waals surface area contributed by atoms with Crippen molar-refractivity contribution >= 4 is 37.3 Å². The molecule has 0 bridgehead atoms. The van der Waals surface area contributed by atoms with E-state index in [1.54, 1.807) is 12.1 Å². The summed E-state index contributed by atoms with van der Waals surface area (Å²) in [6, 6.07) is 10.9. The van der Waals surface area contributed by atoms with Crippen molar-refractivity contribution in [1.82, 2.24) is 9.71 Å². The van der Waals surface area contributed by atoms with E-state index < -0.39 is 10.0 Å². The van der Waals surface area contributed by atoms with Gasteiger partial charge in [0.25, 0.3) is 10.0 Å². The van der Waals surface area contributed by atoms with Gasteiger partial charge in [0.15, 0.2) is 16.5 Å². The van der Waals surface area contributed by atoms with Gasteiger partial charge in [0, 0.05) is 22.0 Å². The summed E-state index contributed by atoms with van der Waals surface area (Å²) in [5.74, 6) is 1.35. The molecule has 154 valence electrons. The van der Waals surface area contributed by atoms with Crippen molar-refractivity contribution in [3.8, 4) is 27.8 Å². The largest absolute Gasteiger partial charge is 0.493 e. The molecule has 1 heterocycles. The minimum Gasteiger partial charge on any atom is -0.493 e. The second-order valence-corrected chi connectivity index (χ2v) is 9.34. The molecular formula is C19H19BrN2O5S2. The molecule has 3 rings (SSSR count). The Bertz CT molecular complexity index is 1070. The zero-order valence-electron chi connectivity index (χ0n) is 15.9. The van der Waals surface area contributed by atoms with Crippen LogP contribution in [0.1, 0.15) is 5.56 Å². The zero-order valence-corrected chi connectivity index (χ0v) is 19.2. The SMILES string of the molecule is COc1cc(CNS(=O)(=O)c2csc(-c3ccc(Br)cc3)n2)cc(OC)c1OC. The average Bonchev–Trinajstić information content (AvgIpc) is 3.23. The quantitative estimate of drug-likeness (QED) is 0.503. The van der Waals surface area contributed by atoms with E-state index in [1.807, 2.05) is 24.3 Å². The van der Waals surface area contributed by atoms with Crippen molar-refractivity contribution in [2.75, 3.05) is 21.3 Å². The molecule has 10 heteroatoms. The van der Waals surface area contributed by atoms with Gasteiger partial charge in [-0.25, -0.2) is 18.1 Å². The molecule has 29 heavy (non-hydrogen) atoms. The highest BCUT2D eigenvalue weighted by atomic mass is 79.9. The van der Waals surface area contributed by atoms with Gasteiger partial charge in [-0.3, -0.25) is 0 Å². The highest BCUT2D eigenvalue weighted by Gasteiger charge is 2.20. The number of sulfonamides is 1. The predicted octanol–water partition coefficient (Wildman–Crippen LogP) is 4.08. The third-order valence-electron chi connectivity index (χ3n) is 4.04. The number of ether oxygens (including phenoxy) is 3. The van der Waals surface area contributed by atoms with Crippen LogP contribution in [0.5, 0.6) is 17.2 Å². The Morgan fingerprint density at radius 2 is 1.66 bits per heavy atom. The molecule has 2 aromatic carbocycles. The van der Waals surface area contributed by atoms with Crippen LogP contribution < -0.4 is 18.9 Å². The van der Waals surface area contributed by atoms with Crippen LogP contribution in [0.25, 0.3) is 10.6 Å². The van der Waals surface area contributed by atoms with Crippen molar-refractivity contribution in [2.45, 2.75) is 11.6 Å². The van der Waals surface area contributed by atoms with Crippen LogP contribution in [0.15, 0.2) is 51.3 Å². The molecule has 0 saturated carbocycles. The Kier molecular flexibility index (Phi) is 6.78. The molecule has 0 aliphatic rings. The lowest BCUT2D eigenvalue weighted by Crippen LogP contribution is -2.23. The lowest BCUT2D eigenvalue weighted by atomic mass is 10.2. The Morgan fingerprint density at radius 1 is 1.03 bits per heavy atom. The Labute approximate surface area is 181 Å². The maximum absolute atomic E-state index is 12.7. The standard InChI is InChI=1S/C19H19BrN2O5S2/c1-25-15-8-12(9-16(26-2)18(15)27-3)10-21-29(23,24)17-11-28-19(22-17)13-4-6-14(20)7-5-13/h4-9,11,21H,10H2,1-3H3. The van der Waals surface area contributed by atoms with Crippen LogP contribution in [-0.2, 0) is 16.6 Å². The number of benzene rings is 2. The minimum atomic E-state index is -3.78. The summed E-state index contributed by atoms with van der Waals surface area (Å²) in [6.45, 7) is 0.0458. The van der Waals surface area contributed by atoms with Gasteiger partial charge in [-0.05, 0) is 29.8 Å². The number of thiazole rings is 1. The molecule has 7 nitrogen and oxygen atoms in total. The van der Waals surface area contributed by atoms with E-state index in [2.05, 4.69) is 25.6 Å². The van der Waals surface area contributed by atoms with Crippen molar-refractivity contribution in [1.29, 1.82) is 0 Å². The summed E-state index contributed by atoms with van der Waals surface area (Å²) < 4.78 is 44.7. The molecule has 0 atom stereocenters. The molecule has 1 aromatic heterocycles. The molecule has 0 saturated heterocycles. The fraction of sp³-hybridized carbons (Fsp3) is 0.211. The summed E-state index contributed by atoms with van der Waals surface area (Å²) in [5, 5.41) is 2.13. The number of aromatic nitrogens is 1. The third kappa shape index (κ3) is 4.89. The lowest BCUT2D eigenvalue weighted by molar-refractivity contribution is 0.323. The number of nitrogens with zero attached hydrogens (tertiary/aromatic N) is 1. The second-order valence-electron chi connectivity index (χ2n) is 5.86. The first-order valence-corrected chi connectivity index (χ1v) is 11.5. The van der Waals surface area contributed by atoms with E-state index in [0.717, 1.165) is 10.0 Å². The van der Waals surface area contributed by atoms with Crippen LogP contribution in [0.3, 0.4) is 0 Å². The number of hydrogen-bond donors (Lipinski definition) is 1. The van der Waals surface area contributed by atoms with Crippen LogP contribution in [0.2, 0.25) is 0 Å². The van der Waals surface area contributed by atoms with Gasteiger partial charge in [-0.2, -0.15) is 0 Å². The van der Waals surface area contributed by atoms with E-state index in [1.165, 1.54) is 38.0 Å². The average molecular weight is 499 g/mol. The van der Waals surface area contributed by atoms with Gasteiger partial charge in [0.05, 0.1) is 21.3 Å². The number of nitrogens with one attached hydrogen (secondary N) is 1. The smallest absolute Gasteiger partial charge is 0.259 e. The summed E-state index contributed by atoms with van der Waals surface area (Å²) in [5.41, 5.74) is 1.51. The van der Waals surface area contributed by atoms with Gasteiger partial charge in [-0.1, -0.05) is 28.1 Å². The molecule has 0 amide bonds. The lowest BCUT2D eigenvalue weighted by Gasteiger charge is -2.14. The summed E-state index contributed by atoms with van der Waals surface area (Å²) in [4.78, 5) is 4.27. The van der Waals surface area contributed by atoms with Gasteiger partial charge >= 0.3 is 0 Å². The maximum atomic E-state index is 12.7. The van der Waals surface area contributed by atoms with E-state index in [9.17, 15) is 8.42 Å². The molecule has 0 fully saturated rings. The monoisotopic (exact) mass is 498 g/mol. The molecule has 1 N–H and O–H groups in total. The Hall–Kier alpha value is -2.14. The first kappa shape index (κ1) is 21.6. The fourth-order valence-electron chi connectivity index (χ4n) is 2.60. The first-order chi connectivity index (χ1) is 13.9. The minimum absolute atomic E-state index is 0.0205. The Morgan fingerprint density at radius 3 is 2.21 bits per heavy atom. The third-order valence-corrected chi connectivity index (χ3v) is 6.89. The van der Waals surface area contributed by atoms with Crippen LogP contribution in [-0.4, -0.2) is 34.7 Å². The van der Waals surface area contributed by atoms with E-state index in [-0.39, 0.29) is 11.6 Å². The van der Waals surface area contributed by atoms with Crippen molar-refractivity contribution < 1.29 is 22.6 Å². The van der Waals surface area contributed by atoms with Gasteiger partial charge in [0.2, 0.25) is 5.75 Å². The molecular weight excluding hydrogens is 480 g/mol. The molecule has 0 radical (unpaired) electrons. The fourth-order valence-corrected chi connectivity index (χ4v) is 4.97. The Balaban J connectivity index is 1.79. The van der Waals surface area contributed by atoms with Gasteiger partial charge in [-0.15, -0.1) is 11.3 Å². The summed E-state index contributed by atoms with van der Waals surface area (Å²) in [7, 11) is 0.735. The summed E-state index contributed by atoms with van der Waals surface area (Å²) in [6.07, 6.45) is 0. The van der Waals surface area contributed by atoms with Crippen LogP contribution in [0.4, 0.5) is 0 Å². The summed E-state index contributed by atoms with van der Waals surface area (Å²) >= 11 is 4.65. The van der Waals surface area contributed by atoms with E-state index >= 15 is 0 Å². The first-order valence-electron chi connectivity index (χ1n) is 8.38. The molecule has 0 aliphatic heterocycles. The number of halogens is 1.